The Balaban J connectivity index is 2.10. The number of amides is 2. The van der Waals surface area contributed by atoms with E-state index in [2.05, 4.69) is 15.3 Å². The number of aromatic nitrogens is 2. The van der Waals surface area contributed by atoms with E-state index in [0.29, 0.717) is 20.9 Å². The van der Waals surface area contributed by atoms with Gasteiger partial charge in [0.05, 0.1) is 33.5 Å². The fraction of sp³-hybridized carbons (Fsp3) is 0.200. The number of halogens is 3. The number of para-hydroxylation sites is 1. The molecule has 6 nitrogen and oxygen atoms in total. The first-order chi connectivity index (χ1) is 11.8. The molecule has 1 heterocycles. The fourth-order valence-electron chi connectivity index (χ4n) is 1.86. The maximum atomic E-state index is 12.5. The van der Waals surface area contributed by atoms with Gasteiger partial charge in [-0.3, -0.25) is 9.59 Å². The number of hydrogen-bond donors (Lipinski definition) is 1. The van der Waals surface area contributed by atoms with Gasteiger partial charge in [-0.2, -0.15) is 0 Å². The molecule has 0 saturated heterocycles. The zero-order valence-corrected chi connectivity index (χ0v) is 16.3. The average molecular weight is 420 g/mol. The first-order valence-corrected chi connectivity index (χ1v) is 9.25. The maximum absolute atomic E-state index is 12.5. The van der Waals surface area contributed by atoms with Crippen LogP contribution in [0, 0.1) is 0 Å². The quantitative estimate of drug-likeness (QED) is 0.588. The number of rotatable bonds is 5. The van der Waals surface area contributed by atoms with Crippen LogP contribution in [0.1, 0.15) is 10.5 Å². The van der Waals surface area contributed by atoms with E-state index in [9.17, 15) is 9.59 Å². The van der Waals surface area contributed by atoms with Gasteiger partial charge in [0, 0.05) is 7.05 Å². The predicted octanol–water partition coefficient (Wildman–Crippen LogP) is 3.87. The standard InChI is InChI=1S/C15H13Cl3N4O2S/c1-22(14(24)13-10(18)6-19-15(21-13)25-2)7-11(23)20-12-8(16)4-3-5-9(12)17/h3-6H,7H2,1-2H3,(H,20,23). The number of carbonyl (C=O) groups excluding carboxylic acids is 2. The van der Waals surface area contributed by atoms with Gasteiger partial charge in [-0.15, -0.1) is 0 Å². The number of likely N-dealkylation sites (N-methyl/N-ethyl adjacent to an activating group) is 1. The van der Waals surface area contributed by atoms with Crippen LogP contribution in [-0.2, 0) is 4.79 Å². The fourth-order valence-corrected chi connectivity index (χ4v) is 2.87. The molecule has 1 N–H and O–H groups in total. The molecule has 2 amide bonds. The number of nitrogens with one attached hydrogen (secondary N) is 1. The van der Waals surface area contributed by atoms with Gasteiger partial charge in [0.2, 0.25) is 5.91 Å². The van der Waals surface area contributed by atoms with E-state index < -0.39 is 11.8 Å². The van der Waals surface area contributed by atoms with E-state index in [1.54, 1.807) is 24.5 Å². The van der Waals surface area contributed by atoms with Gasteiger partial charge in [-0.1, -0.05) is 52.6 Å². The van der Waals surface area contributed by atoms with Gasteiger partial charge in [-0.25, -0.2) is 9.97 Å². The Labute approximate surface area is 163 Å². The molecule has 0 aliphatic rings. The highest BCUT2D eigenvalue weighted by atomic mass is 35.5. The minimum atomic E-state index is -0.497. The highest BCUT2D eigenvalue weighted by Gasteiger charge is 2.21. The molecule has 0 aliphatic carbocycles. The summed E-state index contributed by atoms with van der Waals surface area (Å²) in [7, 11) is 1.47. The Morgan fingerprint density at radius 1 is 1.20 bits per heavy atom. The largest absolute Gasteiger partial charge is 0.331 e. The van der Waals surface area contributed by atoms with Crippen molar-refractivity contribution in [3.63, 3.8) is 0 Å². The Bertz CT molecular complexity index is 799. The molecule has 0 atom stereocenters. The summed E-state index contributed by atoms with van der Waals surface area (Å²) in [5, 5.41) is 3.72. The molecule has 10 heteroatoms. The zero-order chi connectivity index (χ0) is 18.6. The summed E-state index contributed by atoms with van der Waals surface area (Å²) in [4.78, 5) is 33.9. The Morgan fingerprint density at radius 3 is 2.44 bits per heavy atom. The van der Waals surface area contributed by atoms with Crippen LogP contribution in [0.3, 0.4) is 0 Å². The number of nitrogens with zero attached hydrogens (tertiary/aromatic N) is 3. The molecule has 0 fully saturated rings. The third kappa shape index (κ3) is 4.98. The summed E-state index contributed by atoms with van der Waals surface area (Å²) < 4.78 is 0. The molecule has 1 aromatic heterocycles. The summed E-state index contributed by atoms with van der Waals surface area (Å²) in [6, 6.07) is 4.86. The minimum Gasteiger partial charge on any atom is -0.331 e. The van der Waals surface area contributed by atoms with Gasteiger partial charge in [0.25, 0.3) is 5.91 Å². The van der Waals surface area contributed by atoms with E-state index in [4.69, 9.17) is 34.8 Å². The Hall–Kier alpha value is -1.54. The van der Waals surface area contributed by atoms with E-state index in [-0.39, 0.29) is 17.3 Å². The summed E-state index contributed by atoms with van der Waals surface area (Å²) in [5.41, 5.74) is 0.327. The van der Waals surface area contributed by atoms with E-state index in [0.717, 1.165) is 0 Å². The predicted molar refractivity (Wildman–Crippen MR) is 101 cm³/mol. The zero-order valence-electron chi connectivity index (χ0n) is 13.2. The van der Waals surface area contributed by atoms with Crippen LogP contribution < -0.4 is 5.32 Å². The second-order valence-electron chi connectivity index (χ2n) is 4.86. The number of anilines is 1. The van der Waals surface area contributed by atoms with Crippen LogP contribution in [0.4, 0.5) is 5.69 Å². The van der Waals surface area contributed by atoms with Crippen molar-refractivity contribution in [1.82, 2.24) is 14.9 Å². The van der Waals surface area contributed by atoms with Crippen LogP contribution in [0.25, 0.3) is 0 Å². The van der Waals surface area contributed by atoms with Crippen LogP contribution in [0.5, 0.6) is 0 Å². The van der Waals surface area contributed by atoms with Gasteiger partial charge < -0.3 is 10.2 Å². The smallest absolute Gasteiger partial charge is 0.274 e. The van der Waals surface area contributed by atoms with E-state index >= 15 is 0 Å². The van der Waals surface area contributed by atoms with Crippen LogP contribution in [0.2, 0.25) is 15.1 Å². The lowest BCUT2D eigenvalue weighted by atomic mass is 10.3. The van der Waals surface area contributed by atoms with E-state index in [1.165, 1.54) is 29.9 Å². The minimum absolute atomic E-state index is 0.0343. The molecule has 0 unspecified atom stereocenters. The maximum Gasteiger partial charge on any atom is 0.274 e. The normalized spacial score (nSPS) is 10.4. The molecule has 1 aromatic carbocycles. The molecule has 0 spiro atoms. The van der Waals surface area contributed by atoms with Crippen molar-refractivity contribution < 1.29 is 9.59 Å². The van der Waals surface area contributed by atoms with Crippen molar-refractivity contribution in [1.29, 1.82) is 0 Å². The highest BCUT2D eigenvalue weighted by molar-refractivity contribution is 7.98. The van der Waals surface area contributed by atoms with Crippen molar-refractivity contribution in [3.05, 3.63) is 45.2 Å². The summed E-state index contributed by atoms with van der Waals surface area (Å²) in [6.07, 6.45) is 3.13. The van der Waals surface area contributed by atoms with Crippen molar-refractivity contribution in [3.8, 4) is 0 Å². The van der Waals surface area contributed by atoms with Gasteiger partial charge in [0.1, 0.15) is 0 Å². The molecule has 0 bridgehead atoms. The molecule has 0 aliphatic heterocycles. The topological polar surface area (TPSA) is 75.2 Å². The lowest BCUT2D eigenvalue weighted by Gasteiger charge is -2.17. The third-order valence-electron chi connectivity index (χ3n) is 3.06. The molecule has 0 radical (unpaired) electrons. The van der Waals surface area contributed by atoms with Crippen molar-refractivity contribution >= 4 is 64.1 Å². The van der Waals surface area contributed by atoms with Crippen LogP contribution in [-0.4, -0.2) is 46.5 Å². The molecule has 25 heavy (non-hydrogen) atoms. The number of carbonyl (C=O) groups is 2. The van der Waals surface area contributed by atoms with Crippen LogP contribution >= 0.6 is 46.6 Å². The first kappa shape index (κ1) is 19.8. The first-order valence-electron chi connectivity index (χ1n) is 6.89. The third-order valence-corrected chi connectivity index (χ3v) is 4.53. The second kappa shape index (κ2) is 8.71. The number of benzene rings is 1. The van der Waals surface area contributed by atoms with Crippen molar-refractivity contribution in [2.45, 2.75) is 5.16 Å². The number of hydrogen-bond acceptors (Lipinski definition) is 5. The molecule has 2 rings (SSSR count). The molecular formula is C15H13Cl3N4O2S. The van der Waals surface area contributed by atoms with Crippen molar-refractivity contribution in [2.24, 2.45) is 0 Å². The Kier molecular flexibility index (Phi) is 6.89. The number of thioether (sulfide) groups is 1. The highest BCUT2D eigenvalue weighted by Crippen LogP contribution is 2.29. The van der Waals surface area contributed by atoms with Crippen LogP contribution in [0.15, 0.2) is 29.6 Å². The average Bonchev–Trinajstić information content (AvgIpc) is 2.58. The molecule has 2 aromatic rings. The lowest BCUT2D eigenvalue weighted by molar-refractivity contribution is -0.116. The lowest BCUT2D eigenvalue weighted by Crippen LogP contribution is -2.35. The second-order valence-corrected chi connectivity index (χ2v) is 6.85. The monoisotopic (exact) mass is 418 g/mol. The Morgan fingerprint density at radius 2 is 1.84 bits per heavy atom. The van der Waals surface area contributed by atoms with Gasteiger partial charge in [0.15, 0.2) is 10.9 Å². The summed E-state index contributed by atoms with van der Waals surface area (Å²) >= 11 is 19.3. The molecule has 0 saturated carbocycles. The molecular weight excluding hydrogens is 407 g/mol. The van der Waals surface area contributed by atoms with E-state index in [1.807, 2.05) is 0 Å². The summed E-state index contributed by atoms with van der Waals surface area (Å²) in [5.74, 6) is -0.954. The van der Waals surface area contributed by atoms with Gasteiger partial charge >= 0.3 is 0 Å². The summed E-state index contributed by atoms with van der Waals surface area (Å²) in [6.45, 7) is -0.227. The SMILES string of the molecule is CSc1ncc(Cl)c(C(=O)N(C)CC(=O)Nc2c(Cl)cccc2Cl)n1. The van der Waals surface area contributed by atoms with Crippen molar-refractivity contribution in [2.75, 3.05) is 25.2 Å². The molecule has 132 valence electrons. The van der Waals surface area contributed by atoms with Gasteiger partial charge in [-0.05, 0) is 18.4 Å².